The van der Waals surface area contributed by atoms with Gasteiger partial charge in [-0.3, -0.25) is 9.59 Å². The number of halogens is 1. The molecule has 27 heavy (non-hydrogen) atoms. The van der Waals surface area contributed by atoms with Crippen LogP contribution in [0.4, 0.5) is 5.69 Å². The predicted molar refractivity (Wildman–Crippen MR) is 106 cm³/mol. The van der Waals surface area contributed by atoms with Crippen LogP contribution in [0.15, 0.2) is 63.9 Å². The fourth-order valence-electron chi connectivity index (χ4n) is 2.49. The quantitative estimate of drug-likeness (QED) is 0.483. The fraction of sp³-hybridized carbons (Fsp3) is 0.111. The number of carbonyl (C=O) groups is 2. The van der Waals surface area contributed by atoms with Gasteiger partial charge in [-0.05, 0) is 37.3 Å². The van der Waals surface area contributed by atoms with Gasteiger partial charge in [0.15, 0.2) is 16.9 Å². The number of ketones is 1. The number of azo groups is 1. The molecular weight excluding hydrogens is 386 g/mol. The summed E-state index contributed by atoms with van der Waals surface area (Å²) in [5.41, 5.74) is 6.93. The van der Waals surface area contributed by atoms with Crippen LogP contribution in [0, 0.1) is 0 Å². The smallest absolute Gasteiger partial charge is 0.282 e. The summed E-state index contributed by atoms with van der Waals surface area (Å²) in [6, 6.07) is 12.5. The molecule has 1 aliphatic rings. The van der Waals surface area contributed by atoms with E-state index in [2.05, 4.69) is 15.3 Å². The zero-order chi connectivity index (χ0) is 19.6. The van der Waals surface area contributed by atoms with Crippen molar-refractivity contribution in [1.82, 2.24) is 5.01 Å². The van der Waals surface area contributed by atoms with Gasteiger partial charge in [0.05, 0.1) is 17.0 Å². The lowest BCUT2D eigenvalue weighted by atomic mass is 10.0. The summed E-state index contributed by atoms with van der Waals surface area (Å²) in [4.78, 5) is 25.1. The molecule has 0 fully saturated rings. The highest BCUT2D eigenvalue weighted by Crippen LogP contribution is 2.27. The molecule has 0 spiro atoms. The van der Waals surface area contributed by atoms with Crippen LogP contribution in [0.5, 0.6) is 0 Å². The summed E-state index contributed by atoms with van der Waals surface area (Å²) in [5, 5.41) is 13.3. The molecule has 0 aliphatic carbocycles. The Morgan fingerprint density at radius 2 is 1.96 bits per heavy atom. The number of amides is 1. The number of thiocarbonyl (C=S) groups is 1. The minimum atomic E-state index is -0.943. The van der Waals surface area contributed by atoms with Gasteiger partial charge in [0.2, 0.25) is 0 Å². The summed E-state index contributed by atoms with van der Waals surface area (Å²) in [6.07, 6.45) is 0. The van der Waals surface area contributed by atoms with E-state index in [9.17, 15) is 9.59 Å². The summed E-state index contributed by atoms with van der Waals surface area (Å²) >= 11 is 10.8. The van der Waals surface area contributed by atoms with E-state index >= 15 is 0 Å². The molecule has 2 aromatic carbocycles. The fourth-order valence-corrected chi connectivity index (χ4v) is 2.79. The molecule has 3 rings (SSSR count). The second-order valence-corrected chi connectivity index (χ2v) is 6.56. The maximum atomic E-state index is 12.8. The van der Waals surface area contributed by atoms with E-state index in [4.69, 9.17) is 29.6 Å². The van der Waals surface area contributed by atoms with Crippen molar-refractivity contribution in [2.24, 2.45) is 21.1 Å². The second-order valence-electron chi connectivity index (χ2n) is 5.70. The Morgan fingerprint density at radius 3 is 2.59 bits per heavy atom. The molecule has 0 unspecified atom stereocenters. The zero-order valence-corrected chi connectivity index (χ0v) is 15.7. The average molecular weight is 400 g/mol. The van der Waals surface area contributed by atoms with Gasteiger partial charge in [-0.2, -0.15) is 20.3 Å². The first-order chi connectivity index (χ1) is 12.9. The van der Waals surface area contributed by atoms with Gasteiger partial charge in [-0.25, -0.2) is 0 Å². The van der Waals surface area contributed by atoms with Crippen LogP contribution in [0.25, 0.3) is 0 Å². The first-order valence-corrected chi connectivity index (χ1v) is 8.65. The summed E-state index contributed by atoms with van der Waals surface area (Å²) in [5.74, 6) is -0.742. The highest BCUT2D eigenvalue weighted by atomic mass is 35.5. The number of hydrogen-bond acceptors (Lipinski definition) is 6. The van der Waals surface area contributed by atoms with Gasteiger partial charge in [0, 0.05) is 10.6 Å². The van der Waals surface area contributed by atoms with Gasteiger partial charge in [0.25, 0.3) is 5.91 Å². The van der Waals surface area contributed by atoms with Crippen molar-refractivity contribution in [1.29, 1.82) is 0 Å². The Hall–Kier alpha value is -2.97. The molecule has 0 bridgehead atoms. The van der Waals surface area contributed by atoms with Crippen molar-refractivity contribution in [3.63, 3.8) is 0 Å². The van der Waals surface area contributed by atoms with Crippen molar-refractivity contribution in [2.45, 2.75) is 13.0 Å². The largest absolute Gasteiger partial charge is 0.374 e. The molecule has 1 atom stereocenters. The van der Waals surface area contributed by atoms with Crippen LogP contribution in [-0.4, -0.2) is 33.6 Å². The third-order valence-electron chi connectivity index (χ3n) is 3.83. The maximum Gasteiger partial charge on any atom is 0.282 e. The first-order valence-electron chi connectivity index (χ1n) is 7.87. The zero-order valence-electron chi connectivity index (χ0n) is 14.2. The highest BCUT2D eigenvalue weighted by Gasteiger charge is 2.35. The Labute approximate surface area is 165 Å². The molecule has 136 valence electrons. The van der Waals surface area contributed by atoms with Crippen LogP contribution in [0.1, 0.15) is 22.8 Å². The molecule has 1 aliphatic heterocycles. The Balaban J connectivity index is 1.93. The third kappa shape index (κ3) is 3.91. The third-order valence-corrected chi connectivity index (χ3v) is 4.23. The van der Waals surface area contributed by atoms with Crippen LogP contribution in [-0.2, 0) is 4.79 Å². The minimum absolute atomic E-state index is 0.163. The topological polar surface area (TPSA) is 100 Å². The Bertz CT molecular complexity index is 991. The molecule has 9 heteroatoms. The van der Waals surface area contributed by atoms with E-state index in [0.717, 1.165) is 5.01 Å². The molecule has 1 heterocycles. The number of rotatable bonds is 4. The van der Waals surface area contributed by atoms with Gasteiger partial charge in [-0.15, -0.1) is 0 Å². The predicted octanol–water partition coefficient (Wildman–Crippen LogP) is 3.49. The van der Waals surface area contributed by atoms with Crippen molar-refractivity contribution in [3.8, 4) is 0 Å². The molecule has 2 N–H and O–H groups in total. The number of hydrazone groups is 1. The van der Waals surface area contributed by atoms with Crippen molar-refractivity contribution >= 4 is 52.0 Å². The first kappa shape index (κ1) is 18.8. The Kier molecular flexibility index (Phi) is 5.38. The Morgan fingerprint density at radius 1 is 1.26 bits per heavy atom. The molecule has 0 saturated carbocycles. The van der Waals surface area contributed by atoms with E-state index in [1.165, 1.54) is 6.07 Å². The lowest BCUT2D eigenvalue weighted by Crippen LogP contribution is -2.37. The molecule has 0 aromatic heterocycles. The number of carbonyl (C=O) groups excluding carboxylic acids is 2. The SMILES string of the molecule is CC1=NN(C(N)=S)C(=O)[C@@H]1N=Nc1ccc(Cl)cc1C(=O)c1ccccc1. The van der Waals surface area contributed by atoms with Crippen molar-refractivity contribution < 1.29 is 9.59 Å². The van der Waals surface area contributed by atoms with Crippen LogP contribution in [0.2, 0.25) is 5.02 Å². The number of nitrogens with two attached hydrogens (primary N) is 1. The van der Waals surface area contributed by atoms with Gasteiger partial charge in [0.1, 0.15) is 0 Å². The maximum absolute atomic E-state index is 12.8. The summed E-state index contributed by atoms with van der Waals surface area (Å²) < 4.78 is 0. The molecule has 0 radical (unpaired) electrons. The number of hydrogen-bond donors (Lipinski definition) is 1. The van der Waals surface area contributed by atoms with Gasteiger partial charge in [-0.1, -0.05) is 41.9 Å². The number of benzene rings is 2. The van der Waals surface area contributed by atoms with Crippen LogP contribution < -0.4 is 5.73 Å². The van der Waals surface area contributed by atoms with E-state index in [-0.39, 0.29) is 16.5 Å². The summed E-state index contributed by atoms with van der Waals surface area (Å²) in [6.45, 7) is 1.62. The van der Waals surface area contributed by atoms with E-state index in [1.54, 1.807) is 43.3 Å². The van der Waals surface area contributed by atoms with E-state index in [0.29, 0.717) is 22.0 Å². The van der Waals surface area contributed by atoms with Gasteiger partial charge >= 0.3 is 0 Å². The standard InChI is InChI=1S/C18H14ClN5O2S/c1-10-15(17(26)24(23-10)18(20)27)22-21-14-8-7-12(19)9-13(14)16(25)11-5-3-2-4-6-11/h2-9,15H,1H3,(H2,20,27)/t15-/m1/s1. The molecule has 1 amide bonds. The normalized spacial score (nSPS) is 16.7. The van der Waals surface area contributed by atoms with E-state index < -0.39 is 11.9 Å². The second kappa shape index (κ2) is 7.73. The van der Waals surface area contributed by atoms with Crippen molar-refractivity contribution in [2.75, 3.05) is 0 Å². The van der Waals surface area contributed by atoms with Gasteiger partial charge < -0.3 is 5.73 Å². The summed E-state index contributed by atoms with van der Waals surface area (Å²) in [7, 11) is 0. The monoisotopic (exact) mass is 399 g/mol. The lowest BCUT2D eigenvalue weighted by Gasteiger charge is -2.09. The molecular formula is C18H14ClN5O2S. The molecule has 7 nitrogen and oxygen atoms in total. The average Bonchev–Trinajstić information content (AvgIpc) is 2.95. The number of nitrogens with zero attached hydrogens (tertiary/aromatic N) is 4. The molecule has 2 aromatic rings. The van der Waals surface area contributed by atoms with Crippen LogP contribution >= 0.6 is 23.8 Å². The van der Waals surface area contributed by atoms with Crippen molar-refractivity contribution in [3.05, 3.63) is 64.7 Å². The van der Waals surface area contributed by atoms with Crippen LogP contribution in [0.3, 0.4) is 0 Å². The highest BCUT2D eigenvalue weighted by molar-refractivity contribution is 7.80. The molecule has 0 saturated heterocycles. The lowest BCUT2D eigenvalue weighted by molar-refractivity contribution is -0.126. The van der Waals surface area contributed by atoms with E-state index in [1.807, 2.05) is 6.07 Å². The minimum Gasteiger partial charge on any atom is -0.374 e.